The molecule has 202 valence electrons. The Morgan fingerprint density at radius 3 is 2.54 bits per heavy atom. The van der Waals surface area contributed by atoms with Gasteiger partial charge in [0.25, 0.3) is 5.56 Å². The first-order chi connectivity index (χ1) is 18.7. The first-order valence-corrected chi connectivity index (χ1v) is 14.2. The van der Waals surface area contributed by atoms with Crippen molar-refractivity contribution >= 4 is 27.0 Å². The van der Waals surface area contributed by atoms with Crippen LogP contribution in [0.5, 0.6) is 5.88 Å². The Morgan fingerprint density at radius 1 is 1.10 bits per heavy atom. The Bertz CT molecular complexity index is 1730. The Kier molecular flexibility index (Phi) is 6.22. The molecule has 14 heteroatoms. The average molecular weight is 550 g/mol. The molecule has 3 N–H and O–H groups in total. The lowest BCUT2D eigenvalue weighted by atomic mass is 10.1. The van der Waals surface area contributed by atoms with Gasteiger partial charge in [-0.3, -0.25) is 14.3 Å². The predicted octanol–water partition coefficient (Wildman–Crippen LogP) is 2.15. The summed E-state index contributed by atoms with van der Waals surface area (Å²) in [7, 11) is -2.30. The summed E-state index contributed by atoms with van der Waals surface area (Å²) in [6.07, 6.45) is 8.39. The molecule has 6 rings (SSSR count). The molecule has 4 heterocycles. The number of anilines is 1. The molecular weight excluding hydrogens is 522 g/mol. The number of methoxy groups -OCH3 is 1. The van der Waals surface area contributed by atoms with E-state index in [1.165, 1.54) is 24.7 Å². The molecule has 39 heavy (non-hydrogen) atoms. The van der Waals surface area contributed by atoms with Crippen molar-refractivity contribution in [3.8, 4) is 17.3 Å². The second-order valence-corrected chi connectivity index (χ2v) is 11.5. The third-order valence-electron chi connectivity index (χ3n) is 7.13. The second-order valence-electron chi connectivity index (χ2n) is 9.92. The normalized spacial score (nSPS) is 16.3. The molecule has 0 radical (unpaired) electrons. The maximum absolute atomic E-state index is 13.7. The first kappa shape index (κ1) is 25.2. The van der Waals surface area contributed by atoms with Gasteiger partial charge in [0.15, 0.2) is 17.3 Å². The standard InChI is InChI=1S/C25H27N9O4S/c1-13(14-3-4-14)34-23-18(11-29-21(33-23)19-20(15-5-6-15)30-12-31-24(19)38-2)32-22(25(34)35)28-9-16-7-8-17(10-27-16)39(26,36)37/h7-8,10-15H,3-6,9H2,1-2H3,(H,28,32)(H2,26,36,37)/t13-/m0/s1. The van der Waals surface area contributed by atoms with Crippen LogP contribution in [0.15, 0.2) is 40.5 Å². The van der Waals surface area contributed by atoms with Gasteiger partial charge in [0, 0.05) is 18.2 Å². The van der Waals surface area contributed by atoms with Gasteiger partial charge < -0.3 is 10.1 Å². The number of fused-ring (bicyclic) bond motifs is 1. The minimum Gasteiger partial charge on any atom is -0.480 e. The van der Waals surface area contributed by atoms with Crippen LogP contribution in [0.2, 0.25) is 0 Å². The average Bonchev–Trinajstić information content (AvgIpc) is 3.84. The summed E-state index contributed by atoms with van der Waals surface area (Å²) in [5.74, 6) is 1.58. The highest BCUT2D eigenvalue weighted by atomic mass is 32.2. The van der Waals surface area contributed by atoms with Gasteiger partial charge in [-0.2, -0.15) is 0 Å². The number of nitrogens with zero attached hydrogens (tertiary/aromatic N) is 7. The number of hydrogen-bond acceptors (Lipinski definition) is 11. The molecule has 0 bridgehead atoms. The van der Waals surface area contributed by atoms with Crippen molar-refractivity contribution in [2.75, 3.05) is 12.4 Å². The molecule has 4 aromatic heterocycles. The molecule has 0 saturated heterocycles. The molecule has 1 atom stereocenters. The van der Waals surface area contributed by atoms with Gasteiger partial charge in [-0.25, -0.2) is 38.5 Å². The lowest BCUT2D eigenvalue weighted by molar-refractivity contribution is 0.397. The van der Waals surface area contributed by atoms with Crippen molar-refractivity contribution in [1.29, 1.82) is 0 Å². The van der Waals surface area contributed by atoms with E-state index in [4.69, 9.17) is 14.9 Å². The molecule has 2 fully saturated rings. The summed E-state index contributed by atoms with van der Waals surface area (Å²) in [6, 6.07) is 2.80. The Labute approximate surface area is 224 Å². The molecule has 0 amide bonds. The smallest absolute Gasteiger partial charge is 0.295 e. The van der Waals surface area contributed by atoms with Crippen molar-refractivity contribution in [2.45, 2.75) is 56.0 Å². The molecular formula is C25H27N9O4S. The number of primary sulfonamides is 1. The van der Waals surface area contributed by atoms with E-state index < -0.39 is 10.0 Å². The van der Waals surface area contributed by atoms with E-state index in [0.29, 0.717) is 46.0 Å². The number of hydrogen-bond donors (Lipinski definition) is 2. The molecule has 0 unspecified atom stereocenters. The van der Waals surface area contributed by atoms with Gasteiger partial charge in [0.1, 0.15) is 22.3 Å². The predicted molar refractivity (Wildman–Crippen MR) is 142 cm³/mol. The molecule has 4 aromatic rings. The Hall–Kier alpha value is -4.04. The number of pyridine rings is 1. The van der Waals surface area contributed by atoms with Crippen molar-refractivity contribution in [2.24, 2.45) is 11.1 Å². The van der Waals surface area contributed by atoms with Gasteiger partial charge in [0.05, 0.1) is 31.2 Å². The van der Waals surface area contributed by atoms with Crippen LogP contribution in [0.1, 0.15) is 56.0 Å². The minimum atomic E-state index is -3.85. The Morgan fingerprint density at radius 2 is 1.90 bits per heavy atom. The van der Waals surface area contributed by atoms with Gasteiger partial charge in [0.2, 0.25) is 15.9 Å². The first-order valence-electron chi connectivity index (χ1n) is 12.6. The van der Waals surface area contributed by atoms with E-state index in [-0.39, 0.29) is 28.9 Å². The SMILES string of the molecule is COc1ncnc(C2CC2)c1-c1ncc2nc(NCc3ccc(S(N)(=O)=O)cn3)c(=O)n([C@@H](C)C3CC3)c2n1. The van der Waals surface area contributed by atoms with Crippen LogP contribution < -0.4 is 20.8 Å². The van der Waals surface area contributed by atoms with Crippen molar-refractivity contribution in [1.82, 2.24) is 34.5 Å². The number of nitrogens with one attached hydrogen (secondary N) is 1. The third-order valence-corrected chi connectivity index (χ3v) is 8.03. The fraction of sp³-hybridized carbons (Fsp3) is 0.400. The van der Waals surface area contributed by atoms with Gasteiger partial charge in [-0.15, -0.1) is 0 Å². The van der Waals surface area contributed by atoms with Gasteiger partial charge in [-0.1, -0.05) is 0 Å². The third kappa shape index (κ3) is 4.92. The molecule has 0 aliphatic heterocycles. The summed E-state index contributed by atoms with van der Waals surface area (Å²) in [5.41, 5.74) is 2.57. The van der Waals surface area contributed by atoms with Crippen LogP contribution in [0.3, 0.4) is 0 Å². The van der Waals surface area contributed by atoms with Crippen molar-refractivity contribution in [3.63, 3.8) is 0 Å². The van der Waals surface area contributed by atoms with E-state index in [2.05, 4.69) is 30.2 Å². The van der Waals surface area contributed by atoms with Gasteiger partial charge in [-0.05, 0) is 50.7 Å². The lowest BCUT2D eigenvalue weighted by Crippen LogP contribution is -2.29. The largest absolute Gasteiger partial charge is 0.480 e. The highest BCUT2D eigenvalue weighted by Gasteiger charge is 2.34. The van der Waals surface area contributed by atoms with E-state index in [1.807, 2.05) is 6.92 Å². The summed E-state index contributed by atoms with van der Waals surface area (Å²) < 4.78 is 30.2. The highest BCUT2D eigenvalue weighted by Crippen LogP contribution is 2.45. The van der Waals surface area contributed by atoms with Crippen LogP contribution in [0.4, 0.5) is 5.82 Å². The van der Waals surface area contributed by atoms with E-state index in [9.17, 15) is 13.2 Å². The molecule has 2 aliphatic carbocycles. The number of sulfonamides is 1. The fourth-order valence-corrected chi connectivity index (χ4v) is 5.13. The summed E-state index contributed by atoms with van der Waals surface area (Å²) in [5, 5.41) is 8.19. The van der Waals surface area contributed by atoms with Crippen LogP contribution in [0, 0.1) is 5.92 Å². The lowest BCUT2D eigenvalue weighted by Gasteiger charge is -2.19. The van der Waals surface area contributed by atoms with Crippen LogP contribution in [0.25, 0.3) is 22.6 Å². The molecule has 0 aromatic carbocycles. The number of nitrogens with two attached hydrogens (primary N) is 1. The van der Waals surface area contributed by atoms with Gasteiger partial charge >= 0.3 is 0 Å². The van der Waals surface area contributed by atoms with Crippen LogP contribution in [-0.2, 0) is 16.6 Å². The maximum Gasteiger partial charge on any atom is 0.295 e. The number of ether oxygens (including phenoxy) is 1. The number of rotatable bonds is 9. The minimum absolute atomic E-state index is 0.0889. The summed E-state index contributed by atoms with van der Waals surface area (Å²) in [6.45, 7) is 2.16. The zero-order valence-corrected chi connectivity index (χ0v) is 22.2. The summed E-state index contributed by atoms with van der Waals surface area (Å²) in [4.78, 5) is 40.5. The van der Waals surface area contributed by atoms with E-state index >= 15 is 0 Å². The van der Waals surface area contributed by atoms with Crippen molar-refractivity contribution in [3.05, 3.63) is 52.6 Å². The molecule has 13 nitrogen and oxygen atoms in total. The van der Waals surface area contributed by atoms with E-state index in [1.54, 1.807) is 17.9 Å². The maximum atomic E-state index is 13.7. The molecule has 2 saturated carbocycles. The van der Waals surface area contributed by atoms with Crippen molar-refractivity contribution < 1.29 is 13.2 Å². The van der Waals surface area contributed by atoms with E-state index in [0.717, 1.165) is 31.4 Å². The monoisotopic (exact) mass is 549 g/mol. The van der Waals surface area contributed by atoms with Crippen LogP contribution in [-0.4, -0.2) is 50.0 Å². The fourth-order valence-electron chi connectivity index (χ4n) is 4.68. The Balaban J connectivity index is 1.41. The van der Waals surface area contributed by atoms with Crippen LogP contribution >= 0.6 is 0 Å². The zero-order chi connectivity index (χ0) is 27.3. The quantitative estimate of drug-likeness (QED) is 0.312. The molecule has 0 spiro atoms. The highest BCUT2D eigenvalue weighted by molar-refractivity contribution is 7.89. The topological polar surface area (TPSA) is 181 Å². The molecule has 2 aliphatic rings. The second kappa shape index (κ2) is 9.61. The zero-order valence-electron chi connectivity index (χ0n) is 21.4. The number of aromatic nitrogens is 7. The summed E-state index contributed by atoms with van der Waals surface area (Å²) >= 11 is 0.